The zero-order valence-corrected chi connectivity index (χ0v) is 11.8. The maximum absolute atomic E-state index is 13.7. The standard InChI is InChI=1S/C16H18FN3/c1-3-12-10-13(20(4-2)18-12)11-19-9-8-14-15(17)6-5-7-16(14)19/h5-10H,3-4,11H2,1-2H3. The second-order valence-corrected chi connectivity index (χ2v) is 4.91. The van der Waals surface area contributed by atoms with E-state index in [0.717, 1.165) is 29.9 Å². The third kappa shape index (κ3) is 2.11. The van der Waals surface area contributed by atoms with Gasteiger partial charge < -0.3 is 4.57 Å². The lowest BCUT2D eigenvalue weighted by Crippen LogP contribution is -2.07. The molecule has 3 rings (SSSR count). The Bertz CT molecular complexity index is 739. The van der Waals surface area contributed by atoms with Crippen LogP contribution in [0, 0.1) is 5.82 Å². The summed E-state index contributed by atoms with van der Waals surface area (Å²) in [7, 11) is 0. The zero-order chi connectivity index (χ0) is 14.1. The quantitative estimate of drug-likeness (QED) is 0.711. The summed E-state index contributed by atoms with van der Waals surface area (Å²) in [5.41, 5.74) is 3.18. The summed E-state index contributed by atoms with van der Waals surface area (Å²) in [5.74, 6) is -0.167. The monoisotopic (exact) mass is 271 g/mol. The molecule has 0 aliphatic heterocycles. The van der Waals surface area contributed by atoms with Crippen LogP contribution in [0.3, 0.4) is 0 Å². The number of hydrogen-bond acceptors (Lipinski definition) is 1. The van der Waals surface area contributed by atoms with Crippen LogP contribution in [0.15, 0.2) is 36.5 Å². The average Bonchev–Trinajstić information content (AvgIpc) is 3.04. The van der Waals surface area contributed by atoms with E-state index in [1.165, 1.54) is 6.07 Å². The molecule has 0 amide bonds. The highest BCUT2D eigenvalue weighted by Gasteiger charge is 2.09. The van der Waals surface area contributed by atoms with Crippen molar-refractivity contribution in [2.45, 2.75) is 33.4 Å². The van der Waals surface area contributed by atoms with Gasteiger partial charge in [0, 0.05) is 18.1 Å². The molecule has 0 saturated carbocycles. The molecule has 0 fully saturated rings. The molecule has 0 aliphatic rings. The molecule has 0 unspecified atom stereocenters. The number of aromatic nitrogens is 3. The number of benzene rings is 1. The van der Waals surface area contributed by atoms with Crippen molar-refractivity contribution in [3.05, 3.63) is 53.7 Å². The lowest BCUT2D eigenvalue weighted by molar-refractivity contribution is 0.599. The summed E-state index contributed by atoms with van der Waals surface area (Å²) in [4.78, 5) is 0. The van der Waals surface area contributed by atoms with Gasteiger partial charge in [-0.05, 0) is 37.6 Å². The molecule has 104 valence electrons. The van der Waals surface area contributed by atoms with Crippen molar-refractivity contribution in [2.75, 3.05) is 0 Å². The number of halogens is 1. The minimum atomic E-state index is -0.167. The number of rotatable bonds is 4. The van der Waals surface area contributed by atoms with E-state index in [1.807, 2.05) is 23.0 Å². The summed E-state index contributed by atoms with van der Waals surface area (Å²) in [5, 5.41) is 5.23. The van der Waals surface area contributed by atoms with Gasteiger partial charge in [-0.25, -0.2) is 4.39 Å². The fourth-order valence-electron chi connectivity index (χ4n) is 2.59. The van der Waals surface area contributed by atoms with Gasteiger partial charge in [-0.15, -0.1) is 0 Å². The molecule has 2 aromatic heterocycles. The van der Waals surface area contributed by atoms with Gasteiger partial charge in [0.1, 0.15) is 5.82 Å². The van der Waals surface area contributed by atoms with Gasteiger partial charge in [0.05, 0.1) is 23.4 Å². The first kappa shape index (κ1) is 12.9. The van der Waals surface area contributed by atoms with Crippen LogP contribution in [0.1, 0.15) is 25.2 Å². The zero-order valence-electron chi connectivity index (χ0n) is 11.8. The molecular formula is C16H18FN3. The second kappa shape index (κ2) is 5.12. The molecule has 0 N–H and O–H groups in total. The van der Waals surface area contributed by atoms with E-state index in [4.69, 9.17) is 0 Å². The van der Waals surface area contributed by atoms with Crippen LogP contribution >= 0.6 is 0 Å². The first-order chi connectivity index (χ1) is 9.72. The maximum Gasteiger partial charge on any atom is 0.132 e. The Labute approximate surface area is 117 Å². The number of fused-ring (bicyclic) bond motifs is 1. The van der Waals surface area contributed by atoms with Crippen molar-refractivity contribution in [3.8, 4) is 0 Å². The Hall–Kier alpha value is -2.10. The fourth-order valence-corrected chi connectivity index (χ4v) is 2.59. The fraction of sp³-hybridized carbons (Fsp3) is 0.312. The van der Waals surface area contributed by atoms with Gasteiger partial charge in [0.15, 0.2) is 0 Å². The van der Waals surface area contributed by atoms with E-state index >= 15 is 0 Å². The highest BCUT2D eigenvalue weighted by atomic mass is 19.1. The van der Waals surface area contributed by atoms with Gasteiger partial charge in [-0.3, -0.25) is 4.68 Å². The first-order valence-corrected chi connectivity index (χ1v) is 7.02. The predicted octanol–water partition coefficient (Wildman–Crippen LogP) is 3.61. The van der Waals surface area contributed by atoms with Crippen molar-refractivity contribution >= 4 is 10.9 Å². The maximum atomic E-state index is 13.7. The Morgan fingerprint density at radius 2 is 2.05 bits per heavy atom. The molecule has 0 atom stereocenters. The number of hydrogen-bond donors (Lipinski definition) is 0. The largest absolute Gasteiger partial charge is 0.341 e. The Balaban J connectivity index is 2.01. The average molecular weight is 271 g/mol. The molecule has 0 spiro atoms. The summed E-state index contributed by atoms with van der Waals surface area (Å²) < 4.78 is 17.8. The minimum absolute atomic E-state index is 0.167. The van der Waals surface area contributed by atoms with E-state index < -0.39 is 0 Å². The van der Waals surface area contributed by atoms with Crippen LogP contribution < -0.4 is 0 Å². The van der Waals surface area contributed by atoms with Crippen LogP contribution in [0.5, 0.6) is 0 Å². The summed E-state index contributed by atoms with van der Waals surface area (Å²) in [6.45, 7) is 5.76. The third-order valence-corrected chi connectivity index (χ3v) is 3.67. The second-order valence-electron chi connectivity index (χ2n) is 4.91. The molecular weight excluding hydrogens is 253 g/mol. The summed E-state index contributed by atoms with van der Waals surface area (Å²) >= 11 is 0. The van der Waals surface area contributed by atoms with Crippen molar-refractivity contribution in [2.24, 2.45) is 0 Å². The van der Waals surface area contributed by atoms with Gasteiger partial charge in [0.25, 0.3) is 0 Å². The molecule has 3 aromatic rings. The van der Waals surface area contributed by atoms with Gasteiger partial charge >= 0.3 is 0 Å². The summed E-state index contributed by atoms with van der Waals surface area (Å²) in [6.07, 6.45) is 2.87. The predicted molar refractivity (Wildman–Crippen MR) is 78.3 cm³/mol. The molecule has 0 radical (unpaired) electrons. The molecule has 0 aliphatic carbocycles. The normalized spacial score (nSPS) is 11.3. The minimum Gasteiger partial charge on any atom is -0.341 e. The molecule has 0 bridgehead atoms. The van der Waals surface area contributed by atoms with Gasteiger partial charge in [-0.2, -0.15) is 5.10 Å². The Morgan fingerprint density at radius 3 is 2.80 bits per heavy atom. The van der Waals surface area contributed by atoms with E-state index in [9.17, 15) is 4.39 Å². The Morgan fingerprint density at radius 1 is 1.20 bits per heavy atom. The third-order valence-electron chi connectivity index (χ3n) is 3.67. The molecule has 2 heterocycles. The highest BCUT2D eigenvalue weighted by Crippen LogP contribution is 2.20. The topological polar surface area (TPSA) is 22.8 Å². The van der Waals surface area contributed by atoms with Gasteiger partial charge in [0.2, 0.25) is 0 Å². The van der Waals surface area contributed by atoms with E-state index in [1.54, 1.807) is 6.07 Å². The van der Waals surface area contributed by atoms with Crippen molar-refractivity contribution in [3.63, 3.8) is 0 Å². The van der Waals surface area contributed by atoms with E-state index in [2.05, 4.69) is 29.6 Å². The SMILES string of the molecule is CCc1cc(Cn2ccc3c(F)cccc32)n(CC)n1. The van der Waals surface area contributed by atoms with Crippen LogP contribution in [0.25, 0.3) is 10.9 Å². The molecule has 1 aromatic carbocycles. The van der Waals surface area contributed by atoms with E-state index in [-0.39, 0.29) is 5.82 Å². The van der Waals surface area contributed by atoms with Crippen LogP contribution in [-0.2, 0) is 19.5 Å². The highest BCUT2D eigenvalue weighted by molar-refractivity contribution is 5.80. The number of aryl methyl sites for hydroxylation is 2. The summed E-state index contributed by atoms with van der Waals surface area (Å²) in [6, 6.07) is 9.17. The molecule has 0 saturated heterocycles. The lowest BCUT2D eigenvalue weighted by atomic mass is 10.2. The van der Waals surface area contributed by atoms with Crippen molar-refractivity contribution in [1.29, 1.82) is 0 Å². The van der Waals surface area contributed by atoms with Crippen molar-refractivity contribution < 1.29 is 4.39 Å². The molecule has 3 nitrogen and oxygen atoms in total. The number of nitrogens with zero attached hydrogens (tertiary/aromatic N) is 3. The molecule has 4 heteroatoms. The first-order valence-electron chi connectivity index (χ1n) is 7.02. The van der Waals surface area contributed by atoms with Crippen molar-refractivity contribution in [1.82, 2.24) is 14.3 Å². The van der Waals surface area contributed by atoms with E-state index in [0.29, 0.717) is 11.9 Å². The smallest absolute Gasteiger partial charge is 0.132 e. The van der Waals surface area contributed by atoms with Crippen LogP contribution in [0.4, 0.5) is 4.39 Å². The molecule has 20 heavy (non-hydrogen) atoms. The Kier molecular flexibility index (Phi) is 3.30. The van der Waals surface area contributed by atoms with Gasteiger partial charge in [-0.1, -0.05) is 13.0 Å². The lowest BCUT2D eigenvalue weighted by Gasteiger charge is -2.07. The van der Waals surface area contributed by atoms with Crippen LogP contribution in [0.2, 0.25) is 0 Å². The van der Waals surface area contributed by atoms with Crippen LogP contribution in [-0.4, -0.2) is 14.3 Å².